The van der Waals surface area contributed by atoms with E-state index in [0.717, 1.165) is 35.9 Å². The average molecular weight is 450 g/mol. The maximum Gasteiger partial charge on any atom is 0.247 e. The molecule has 2 aromatic carbocycles. The lowest BCUT2D eigenvalue weighted by atomic mass is 9.98. The van der Waals surface area contributed by atoms with E-state index in [2.05, 4.69) is 15.6 Å². The molecule has 1 aromatic heterocycles. The number of hydrogen-bond acceptors (Lipinski definition) is 5. The Kier molecular flexibility index (Phi) is 6.35. The smallest absolute Gasteiger partial charge is 0.247 e. The van der Waals surface area contributed by atoms with Crippen molar-refractivity contribution in [3.8, 4) is 5.75 Å². The molecule has 1 saturated carbocycles. The highest BCUT2D eigenvalue weighted by Gasteiger charge is 2.42. The van der Waals surface area contributed by atoms with Gasteiger partial charge in [0.05, 0.1) is 12.6 Å². The van der Waals surface area contributed by atoms with Crippen molar-refractivity contribution >= 4 is 22.8 Å². The third-order valence-corrected chi connectivity index (χ3v) is 6.24. The minimum Gasteiger partial charge on any atom is -0.497 e. The predicted octanol–water partition coefficient (Wildman–Crippen LogP) is 3.48. The molecule has 0 radical (unpaired) electrons. The number of hydrogen-bond donors (Lipinski definition) is 1. The van der Waals surface area contributed by atoms with Crippen molar-refractivity contribution < 1.29 is 14.3 Å². The first-order chi connectivity index (χ1) is 15.8. The summed E-state index contributed by atoms with van der Waals surface area (Å²) in [5.41, 5.74) is 1.89. The lowest BCUT2D eigenvalue weighted by molar-refractivity contribution is -0.143. The zero-order valence-corrected chi connectivity index (χ0v) is 19.6. The zero-order chi connectivity index (χ0) is 23.6. The second-order valence-electron chi connectivity index (χ2n) is 9.17. The molecular weight excluding hydrogens is 418 g/mol. The van der Waals surface area contributed by atoms with Gasteiger partial charge in [0.15, 0.2) is 0 Å². The third-order valence-electron chi connectivity index (χ3n) is 6.24. The highest BCUT2D eigenvalue weighted by molar-refractivity contribution is 5.90. The van der Waals surface area contributed by atoms with E-state index in [1.807, 2.05) is 69.3 Å². The summed E-state index contributed by atoms with van der Waals surface area (Å²) in [5.74, 6) is 0.360. The van der Waals surface area contributed by atoms with Gasteiger partial charge >= 0.3 is 0 Å². The van der Waals surface area contributed by atoms with Crippen molar-refractivity contribution in [2.75, 3.05) is 7.11 Å². The number of para-hydroxylation sites is 1. The van der Waals surface area contributed by atoms with Crippen LogP contribution in [0.25, 0.3) is 11.0 Å². The Morgan fingerprint density at radius 3 is 2.52 bits per heavy atom. The largest absolute Gasteiger partial charge is 0.497 e. The fourth-order valence-corrected chi connectivity index (χ4v) is 3.87. The standard InChI is InChI=1S/C25H31N5O3/c1-5-25(2,3)26-24(32)23(17-10-14-19(33-4)15-11-17)30(18-12-13-18)22(31)16-29-21-9-7-6-8-20(21)27-28-29/h6-11,14-15,18,23H,5,12-13,16H2,1-4H3,(H,26,32). The van der Waals surface area contributed by atoms with Crippen LogP contribution in [-0.4, -0.2) is 50.4 Å². The minimum absolute atomic E-state index is 0.0219. The van der Waals surface area contributed by atoms with Crippen LogP contribution >= 0.6 is 0 Å². The molecule has 1 aliphatic rings. The topological polar surface area (TPSA) is 89.4 Å². The van der Waals surface area contributed by atoms with Gasteiger partial charge in [-0.15, -0.1) is 5.10 Å². The predicted molar refractivity (Wildman–Crippen MR) is 126 cm³/mol. The molecular formula is C25H31N5O3. The molecule has 8 heteroatoms. The Hall–Kier alpha value is -3.42. The lowest BCUT2D eigenvalue weighted by Crippen LogP contribution is -2.51. The van der Waals surface area contributed by atoms with Gasteiger partial charge < -0.3 is 15.0 Å². The van der Waals surface area contributed by atoms with Crippen LogP contribution in [0.15, 0.2) is 48.5 Å². The molecule has 3 aromatic rings. The Morgan fingerprint density at radius 2 is 1.88 bits per heavy atom. The first kappa shape index (κ1) is 22.8. The van der Waals surface area contributed by atoms with Gasteiger partial charge in [0.1, 0.15) is 23.9 Å². The van der Waals surface area contributed by atoms with E-state index in [9.17, 15) is 9.59 Å². The molecule has 8 nitrogen and oxygen atoms in total. The van der Waals surface area contributed by atoms with Crippen molar-refractivity contribution in [3.05, 3.63) is 54.1 Å². The summed E-state index contributed by atoms with van der Waals surface area (Å²) < 4.78 is 6.89. The SMILES string of the molecule is CCC(C)(C)NC(=O)C(c1ccc(OC)cc1)N(C(=O)Cn1nnc2ccccc21)C1CC1. The minimum atomic E-state index is -0.739. The molecule has 2 amide bonds. The highest BCUT2D eigenvalue weighted by Crippen LogP contribution is 2.36. The number of amides is 2. The molecule has 33 heavy (non-hydrogen) atoms. The van der Waals surface area contributed by atoms with Gasteiger partial charge in [-0.2, -0.15) is 0 Å². The molecule has 1 heterocycles. The van der Waals surface area contributed by atoms with E-state index in [-0.39, 0.29) is 29.9 Å². The van der Waals surface area contributed by atoms with E-state index in [1.54, 1.807) is 16.7 Å². The molecule has 1 aliphatic carbocycles. The molecule has 1 unspecified atom stereocenters. The van der Waals surface area contributed by atoms with Gasteiger partial charge in [0.2, 0.25) is 11.8 Å². The number of benzene rings is 2. The number of carbonyl (C=O) groups is 2. The van der Waals surface area contributed by atoms with E-state index < -0.39 is 6.04 Å². The number of fused-ring (bicyclic) bond motifs is 1. The summed E-state index contributed by atoms with van der Waals surface area (Å²) in [6.07, 6.45) is 2.53. The summed E-state index contributed by atoms with van der Waals surface area (Å²) in [6, 6.07) is 14.2. The van der Waals surface area contributed by atoms with Crippen molar-refractivity contribution in [1.82, 2.24) is 25.2 Å². The van der Waals surface area contributed by atoms with Crippen molar-refractivity contribution in [2.45, 2.75) is 64.2 Å². The van der Waals surface area contributed by atoms with Crippen LogP contribution in [0.1, 0.15) is 51.6 Å². The maximum atomic E-state index is 13.6. The van der Waals surface area contributed by atoms with Crippen LogP contribution in [-0.2, 0) is 16.1 Å². The number of nitrogens with zero attached hydrogens (tertiary/aromatic N) is 4. The maximum absolute atomic E-state index is 13.6. The van der Waals surface area contributed by atoms with Crippen LogP contribution in [0.5, 0.6) is 5.75 Å². The summed E-state index contributed by atoms with van der Waals surface area (Å²) in [7, 11) is 1.60. The monoisotopic (exact) mass is 449 g/mol. The number of methoxy groups -OCH3 is 1. The van der Waals surface area contributed by atoms with Crippen molar-refractivity contribution in [1.29, 1.82) is 0 Å². The molecule has 1 fully saturated rings. The van der Waals surface area contributed by atoms with Gasteiger partial charge in [0.25, 0.3) is 0 Å². The van der Waals surface area contributed by atoms with Crippen LogP contribution in [0.3, 0.4) is 0 Å². The first-order valence-corrected chi connectivity index (χ1v) is 11.4. The van der Waals surface area contributed by atoms with E-state index in [0.29, 0.717) is 5.75 Å². The number of aromatic nitrogens is 3. The van der Waals surface area contributed by atoms with Gasteiger partial charge in [0, 0.05) is 11.6 Å². The summed E-state index contributed by atoms with van der Waals surface area (Å²) in [5, 5.41) is 11.5. The van der Waals surface area contributed by atoms with Gasteiger partial charge in [-0.25, -0.2) is 4.68 Å². The Labute approximate surface area is 193 Å². The van der Waals surface area contributed by atoms with Crippen molar-refractivity contribution in [2.24, 2.45) is 0 Å². The fourth-order valence-electron chi connectivity index (χ4n) is 3.87. The molecule has 0 spiro atoms. The second-order valence-corrected chi connectivity index (χ2v) is 9.17. The summed E-state index contributed by atoms with van der Waals surface area (Å²) >= 11 is 0. The van der Waals surface area contributed by atoms with Crippen LogP contribution < -0.4 is 10.1 Å². The summed E-state index contributed by atoms with van der Waals surface area (Å²) in [6.45, 7) is 6.03. The molecule has 0 aliphatic heterocycles. The molecule has 4 rings (SSSR count). The Balaban J connectivity index is 1.68. The van der Waals surface area contributed by atoms with Crippen LogP contribution in [0.4, 0.5) is 0 Å². The number of nitrogens with one attached hydrogen (secondary N) is 1. The molecule has 174 valence electrons. The fraction of sp³-hybridized carbons (Fsp3) is 0.440. The number of carbonyl (C=O) groups excluding carboxylic acids is 2. The lowest BCUT2D eigenvalue weighted by Gasteiger charge is -2.34. The van der Waals surface area contributed by atoms with Gasteiger partial charge in [-0.1, -0.05) is 36.4 Å². The van der Waals surface area contributed by atoms with E-state index in [4.69, 9.17) is 4.74 Å². The van der Waals surface area contributed by atoms with Crippen molar-refractivity contribution in [3.63, 3.8) is 0 Å². The quantitative estimate of drug-likeness (QED) is 0.540. The molecule has 0 saturated heterocycles. The van der Waals surface area contributed by atoms with E-state index >= 15 is 0 Å². The van der Waals surface area contributed by atoms with Crippen LogP contribution in [0, 0.1) is 0 Å². The van der Waals surface area contributed by atoms with Gasteiger partial charge in [-0.05, 0) is 62.9 Å². The van der Waals surface area contributed by atoms with Gasteiger partial charge in [-0.3, -0.25) is 9.59 Å². The average Bonchev–Trinajstić information content (AvgIpc) is 3.57. The number of rotatable bonds is 9. The zero-order valence-electron chi connectivity index (χ0n) is 19.6. The third kappa shape index (κ3) is 4.99. The van der Waals surface area contributed by atoms with Crippen LogP contribution in [0.2, 0.25) is 0 Å². The second kappa shape index (κ2) is 9.21. The Bertz CT molecular complexity index is 1130. The molecule has 0 bridgehead atoms. The highest BCUT2D eigenvalue weighted by atomic mass is 16.5. The Morgan fingerprint density at radius 1 is 1.18 bits per heavy atom. The normalized spacial score (nSPS) is 14.7. The first-order valence-electron chi connectivity index (χ1n) is 11.4. The summed E-state index contributed by atoms with van der Waals surface area (Å²) in [4.78, 5) is 29.0. The van der Waals surface area contributed by atoms with E-state index in [1.165, 1.54) is 0 Å². The number of ether oxygens (including phenoxy) is 1. The molecule has 1 N–H and O–H groups in total. The molecule has 1 atom stereocenters.